The summed E-state index contributed by atoms with van der Waals surface area (Å²) in [7, 11) is 3.52. The molecule has 21 heteroatoms. The highest BCUT2D eigenvalue weighted by atomic mass is 35.5. The molecule has 5 N–H and O–H groups in total. The van der Waals surface area contributed by atoms with Gasteiger partial charge in [-0.15, -0.1) is 0 Å². The van der Waals surface area contributed by atoms with Gasteiger partial charge in [0.25, 0.3) is 0 Å². The van der Waals surface area contributed by atoms with Gasteiger partial charge in [0.05, 0.1) is 18.1 Å². The van der Waals surface area contributed by atoms with Crippen LogP contribution in [0.5, 0.6) is 0 Å². The van der Waals surface area contributed by atoms with Gasteiger partial charge in [0, 0.05) is 51.2 Å². The number of hydrogen-bond acceptors (Lipinski definition) is 9. The number of carbonyl (C=O) groups excluding carboxylic acids is 2. The maximum absolute atomic E-state index is 13.0. The summed E-state index contributed by atoms with van der Waals surface area (Å²) in [5.74, 6) is -4.38. The zero-order chi connectivity index (χ0) is 38.8. The fourth-order valence-electron chi connectivity index (χ4n) is 4.83. The van der Waals surface area contributed by atoms with E-state index in [9.17, 15) is 35.9 Å². The number of urea groups is 1. The Bertz CT molecular complexity index is 1730. The number of alkyl halides is 6. The molecule has 14 nitrogen and oxygen atoms in total. The van der Waals surface area contributed by atoms with Gasteiger partial charge in [-0.2, -0.15) is 31.3 Å². The average Bonchev–Trinajstić information content (AvgIpc) is 3.06. The molecule has 3 aromatic rings. The molecule has 0 aliphatic carbocycles. The third kappa shape index (κ3) is 12.7. The summed E-state index contributed by atoms with van der Waals surface area (Å²) in [6.07, 6.45) is -1.53. The molecule has 1 saturated heterocycles. The predicted octanol–water partition coefficient (Wildman–Crippen LogP) is 6.10. The van der Waals surface area contributed by atoms with Crippen LogP contribution in [-0.4, -0.2) is 98.4 Å². The van der Waals surface area contributed by atoms with Crippen LogP contribution < -0.4 is 16.0 Å². The Labute approximate surface area is 297 Å². The Balaban J connectivity index is 0.000000441. The third-order valence-electron chi connectivity index (χ3n) is 7.35. The number of carboxylic acids is 2. The first-order valence-electron chi connectivity index (χ1n) is 15.2. The number of hydrogen-bond donors (Lipinski definition) is 5. The molecule has 0 atom stereocenters. The Morgan fingerprint density at radius 1 is 0.923 bits per heavy atom. The molecule has 4 heterocycles. The van der Waals surface area contributed by atoms with Crippen LogP contribution in [0.15, 0.2) is 42.9 Å². The van der Waals surface area contributed by atoms with Crippen LogP contribution in [-0.2, 0) is 27.2 Å². The highest BCUT2D eigenvalue weighted by molar-refractivity contribution is 6.32. The molecule has 6 bridgehead atoms. The molecule has 2 aromatic heterocycles. The molecule has 2 aliphatic heterocycles. The highest BCUT2D eigenvalue weighted by Crippen LogP contribution is 2.30. The Morgan fingerprint density at radius 3 is 2.12 bits per heavy atom. The maximum Gasteiger partial charge on any atom is 0.490 e. The number of rotatable bonds is 3. The minimum absolute atomic E-state index is 0.0152. The fourth-order valence-corrected chi connectivity index (χ4v) is 4.97. The van der Waals surface area contributed by atoms with Crippen LogP contribution in [0.3, 0.4) is 0 Å². The number of benzene rings is 1. The number of carboxylic acid groups (broad SMARTS) is 2. The number of nitrogens with zero attached hydrogens (tertiary/aromatic N) is 5. The van der Waals surface area contributed by atoms with Gasteiger partial charge in [0.2, 0.25) is 11.9 Å². The summed E-state index contributed by atoms with van der Waals surface area (Å²) in [6.45, 7) is 1.35. The number of halogens is 7. The lowest BCUT2D eigenvalue weighted by Crippen LogP contribution is -2.44. The molecule has 3 amide bonds. The van der Waals surface area contributed by atoms with Crippen LogP contribution in [0.25, 0.3) is 0 Å². The zero-order valence-electron chi connectivity index (χ0n) is 27.5. The largest absolute Gasteiger partial charge is 0.490 e. The lowest BCUT2D eigenvalue weighted by Gasteiger charge is -2.33. The van der Waals surface area contributed by atoms with Gasteiger partial charge < -0.3 is 36.0 Å². The number of aliphatic carboxylic acids is 2. The molecular formula is C31H33ClF6N8O6. The molecule has 5 rings (SSSR count). The second kappa shape index (κ2) is 17.7. The van der Waals surface area contributed by atoms with Crippen molar-refractivity contribution in [2.75, 3.05) is 43.1 Å². The van der Waals surface area contributed by atoms with Crippen molar-refractivity contribution in [3.63, 3.8) is 0 Å². The molecule has 52 heavy (non-hydrogen) atoms. The molecule has 282 valence electrons. The van der Waals surface area contributed by atoms with Crippen molar-refractivity contribution in [1.29, 1.82) is 0 Å². The molecule has 0 spiro atoms. The van der Waals surface area contributed by atoms with Gasteiger partial charge in [-0.05, 0) is 67.0 Å². The van der Waals surface area contributed by atoms with Crippen LogP contribution >= 0.6 is 11.6 Å². The number of aryl methyl sites for hydroxylation is 2. The molecule has 0 unspecified atom stereocenters. The summed E-state index contributed by atoms with van der Waals surface area (Å²) in [4.78, 5) is 59.6. The lowest BCUT2D eigenvalue weighted by molar-refractivity contribution is -0.193. The molecule has 0 radical (unpaired) electrons. The molecule has 2 aliphatic rings. The monoisotopic (exact) mass is 762 g/mol. The summed E-state index contributed by atoms with van der Waals surface area (Å²) in [5.41, 5.74) is 4.43. The quantitative estimate of drug-likeness (QED) is 0.194. The number of anilines is 5. The Hall–Kier alpha value is -5.40. The van der Waals surface area contributed by atoms with Gasteiger partial charge in [-0.25, -0.2) is 19.4 Å². The van der Waals surface area contributed by atoms with Crippen molar-refractivity contribution < 1.29 is 55.7 Å². The number of pyridine rings is 1. The first kappa shape index (κ1) is 41.0. The molecule has 1 aromatic carbocycles. The predicted molar refractivity (Wildman–Crippen MR) is 176 cm³/mol. The SMILES string of the molecule is CN(C)C(=O)N1CCC(CC(=O)Nc2ccc3cc2CCc2cncc(c2)Nc2ncc(Cl)c(n2)N3)CC1.O=C(O)C(F)(F)F.O=C(O)C(F)(F)F. The van der Waals surface area contributed by atoms with E-state index in [1.807, 2.05) is 35.4 Å². The van der Waals surface area contributed by atoms with Gasteiger partial charge in [0.15, 0.2) is 5.82 Å². The van der Waals surface area contributed by atoms with Gasteiger partial charge in [-0.3, -0.25) is 9.78 Å². The van der Waals surface area contributed by atoms with Gasteiger partial charge in [0.1, 0.15) is 5.02 Å². The van der Waals surface area contributed by atoms with Crippen molar-refractivity contribution in [3.05, 3.63) is 59.0 Å². The van der Waals surface area contributed by atoms with E-state index < -0.39 is 24.3 Å². The van der Waals surface area contributed by atoms with Gasteiger partial charge >= 0.3 is 30.3 Å². The lowest BCUT2D eigenvalue weighted by atomic mass is 9.93. The van der Waals surface area contributed by atoms with E-state index in [1.54, 1.807) is 31.4 Å². The second-order valence-electron chi connectivity index (χ2n) is 11.6. The van der Waals surface area contributed by atoms with Crippen LogP contribution in [0.2, 0.25) is 5.02 Å². The maximum atomic E-state index is 13.0. The molecular weight excluding hydrogens is 730 g/mol. The minimum atomic E-state index is -5.08. The molecule has 0 saturated carbocycles. The molecule has 1 fully saturated rings. The second-order valence-corrected chi connectivity index (χ2v) is 12.0. The van der Waals surface area contributed by atoms with E-state index in [0.29, 0.717) is 42.7 Å². The first-order valence-corrected chi connectivity index (χ1v) is 15.6. The summed E-state index contributed by atoms with van der Waals surface area (Å²) < 4.78 is 63.5. The van der Waals surface area contributed by atoms with Gasteiger partial charge in [-0.1, -0.05) is 11.6 Å². The number of likely N-dealkylation sites (tertiary alicyclic amines) is 1. The number of amides is 3. The normalized spacial score (nSPS) is 14.1. The summed E-state index contributed by atoms with van der Waals surface area (Å²) >= 11 is 6.36. The third-order valence-corrected chi connectivity index (χ3v) is 7.62. The summed E-state index contributed by atoms with van der Waals surface area (Å²) in [6, 6.07) is 7.87. The van der Waals surface area contributed by atoms with Crippen molar-refractivity contribution in [2.45, 2.75) is 44.5 Å². The van der Waals surface area contributed by atoms with Crippen molar-refractivity contribution >= 4 is 64.3 Å². The smallest absolute Gasteiger partial charge is 0.475 e. The first-order chi connectivity index (χ1) is 24.2. The van der Waals surface area contributed by atoms with E-state index >= 15 is 0 Å². The highest BCUT2D eigenvalue weighted by Gasteiger charge is 2.39. The van der Waals surface area contributed by atoms with Crippen molar-refractivity contribution in [1.82, 2.24) is 24.8 Å². The van der Waals surface area contributed by atoms with E-state index in [1.165, 1.54) is 0 Å². The Kier molecular flexibility index (Phi) is 14.0. The number of aromatic nitrogens is 3. The van der Waals surface area contributed by atoms with Crippen LogP contribution in [0.4, 0.5) is 60.0 Å². The minimum Gasteiger partial charge on any atom is -0.475 e. The fraction of sp³-hybridized carbons (Fsp3) is 0.387. The Morgan fingerprint density at radius 2 is 1.54 bits per heavy atom. The zero-order valence-corrected chi connectivity index (χ0v) is 28.2. The summed E-state index contributed by atoms with van der Waals surface area (Å²) in [5, 5.41) is 24.2. The van der Waals surface area contributed by atoms with Crippen LogP contribution in [0, 0.1) is 5.92 Å². The number of carbonyl (C=O) groups is 4. The van der Waals surface area contributed by atoms with E-state index in [4.69, 9.17) is 31.4 Å². The standard InChI is InChI=1S/C27H31ClN8O2.2C2HF3O2/c1-35(2)27(38)36-9-7-17(8-10-36)12-24(37)33-23-6-5-20-13-19(23)4-3-18-11-21(15-29-14-18)32-26-30-16-22(28)25(31-20)34-26;2*3-2(4,5)1(6)7/h5-6,11,13-17H,3-4,7-10,12H2,1-2H3,(H,33,37)(H2,30,31,32,34);2*(H,6,7). The topological polar surface area (TPSA) is 190 Å². The van der Waals surface area contributed by atoms with Crippen LogP contribution in [0.1, 0.15) is 30.4 Å². The number of piperidine rings is 1. The van der Waals surface area contributed by atoms with E-state index in [-0.39, 0.29) is 17.9 Å². The number of fused-ring (bicyclic) bond motifs is 6. The van der Waals surface area contributed by atoms with E-state index in [0.717, 1.165) is 47.5 Å². The van der Waals surface area contributed by atoms with Crippen molar-refractivity contribution in [3.8, 4) is 0 Å². The average molecular weight is 763 g/mol. The number of nitrogens with one attached hydrogen (secondary N) is 3. The van der Waals surface area contributed by atoms with Crippen molar-refractivity contribution in [2.24, 2.45) is 5.92 Å². The van der Waals surface area contributed by atoms with E-state index in [2.05, 4.69) is 30.9 Å².